The van der Waals surface area contributed by atoms with Crippen LogP contribution in [0.5, 0.6) is 0 Å². The van der Waals surface area contributed by atoms with Crippen LogP contribution in [0.2, 0.25) is 0 Å². The number of alkyl carbamates (subject to hydrolysis) is 1. The molecule has 1 amide bonds. The van der Waals surface area contributed by atoms with Gasteiger partial charge in [0.05, 0.1) is 6.42 Å². The topological polar surface area (TPSA) is 78.9 Å². The molecule has 0 saturated heterocycles. The third-order valence-electron chi connectivity index (χ3n) is 1.80. The molecule has 6 nitrogen and oxygen atoms in total. The standard InChI is InChI=1S/C10H18N2O4/c1-3-8-16-10(15)11-5-7-12(2)6-4-9(13)14/h3H,1,4-8H2,2H3,(H,11,15)(H,13,14). The second-order valence-electron chi connectivity index (χ2n) is 3.26. The van der Waals surface area contributed by atoms with Crippen LogP contribution in [0.25, 0.3) is 0 Å². The number of hydrogen-bond acceptors (Lipinski definition) is 4. The number of rotatable bonds is 8. The highest BCUT2D eigenvalue weighted by atomic mass is 16.5. The van der Waals surface area contributed by atoms with Crippen LogP contribution in [0.3, 0.4) is 0 Å². The number of ether oxygens (including phenoxy) is 1. The first-order valence-corrected chi connectivity index (χ1v) is 4.98. The molecule has 0 aromatic rings. The monoisotopic (exact) mass is 230 g/mol. The Labute approximate surface area is 94.9 Å². The summed E-state index contributed by atoms with van der Waals surface area (Å²) in [7, 11) is 1.79. The van der Waals surface area contributed by atoms with Crippen molar-refractivity contribution in [3.05, 3.63) is 12.7 Å². The number of amides is 1. The summed E-state index contributed by atoms with van der Waals surface area (Å²) in [6.07, 6.45) is 1.09. The zero-order chi connectivity index (χ0) is 12.4. The molecule has 0 aliphatic rings. The highest BCUT2D eigenvalue weighted by molar-refractivity contribution is 5.67. The van der Waals surface area contributed by atoms with E-state index >= 15 is 0 Å². The lowest BCUT2D eigenvalue weighted by molar-refractivity contribution is -0.137. The molecule has 0 spiro atoms. The van der Waals surface area contributed by atoms with E-state index in [0.29, 0.717) is 19.6 Å². The van der Waals surface area contributed by atoms with Crippen molar-refractivity contribution in [2.45, 2.75) is 6.42 Å². The van der Waals surface area contributed by atoms with Crippen LogP contribution in [-0.2, 0) is 9.53 Å². The van der Waals surface area contributed by atoms with Gasteiger partial charge >= 0.3 is 12.1 Å². The Morgan fingerprint density at radius 2 is 2.19 bits per heavy atom. The largest absolute Gasteiger partial charge is 0.481 e. The minimum Gasteiger partial charge on any atom is -0.481 e. The summed E-state index contributed by atoms with van der Waals surface area (Å²) in [4.78, 5) is 23.1. The Bertz CT molecular complexity index is 243. The molecule has 0 heterocycles. The molecule has 0 fully saturated rings. The first-order chi connectivity index (χ1) is 7.56. The van der Waals surface area contributed by atoms with E-state index in [2.05, 4.69) is 11.9 Å². The van der Waals surface area contributed by atoms with Gasteiger partial charge in [0.25, 0.3) is 0 Å². The zero-order valence-corrected chi connectivity index (χ0v) is 9.44. The molecule has 2 N–H and O–H groups in total. The normalized spacial score (nSPS) is 9.88. The number of carboxylic acids is 1. The molecule has 0 radical (unpaired) electrons. The number of nitrogens with zero attached hydrogens (tertiary/aromatic N) is 1. The highest BCUT2D eigenvalue weighted by Crippen LogP contribution is 1.86. The fourth-order valence-corrected chi connectivity index (χ4v) is 0.933. The first kappa shape index (κ1) is 14.4. The van der Waals surface area contributed by atoms with Gasteiger partial charge in [-0.25, -0.2) is 4.79 Å². The molecule has 6 heteroatoms. The number of likely N-dealkylation sites (N-methyl/N-ethyl adjacent to an activating group) is 1. The summed E-state index contributed by atoms with van der Waals surface area (Å²) >= 11 is 0. The lowest BCUT2D eigenvalue weighted by Crippen LogP contribution is -2.34. The van der Waals surface area contributed by atoms with Gasteiger partial charge < -0.3 is 20.1 Å². The number of carboxylic acid groups (broad SMARTS) is 1. The summed E-state index contributed by atoms with van der Waals surface area (Å²) in [5.74, 6) is -0.829. The van der Waals surface area contributed by atoms with Gasteiger partial charge in [0, 0.05) is 19.6 Å². The van der Waals surface area contributed by atoms with Gasteiger partial charge in [-0.3, -0.25) is 4.79 Å². The van der Waals surface area contributed by atoms with E-state index in [1.54, 1.807) is 7.05 Å². The number of carbonyl (C=O) groups excluding carboxylic acids is 1. The maximum atomic E-state index is 11.0. The average Bonchev–Trinajstić information content (AvgIpc) is 2.23. The molecular weight excluding hydrogens is 212 g/mol. The highest BCUT2D eigenvalue weighted by Gasteiger charge is 2.03. The summed E-state index contributed by atoms with van der Waals surface area (Å²) in [5.41, 5.74) is 0. The Hall–Kier alpha value is -1.56. The van der Waals surface area contributed by atoms with E-state index in [-0.39, 0.29) is 13.0 Å². The van der Waals surface area contributed by atoms with Gasteiger partial charge in [-0.2, -0.15) is 0 Å². The molecule has 0 aliphatic carbocycles. The van der Waals surface area contributed by atoms with Gasteiger partial charge in [0.15, 0.2) is 0 Å². The van der Waals surface area contributed by atoms with E-state index in [1.165, 1.54) is 6.08 Å². The summed E-state index contributed by atoms with van der Waals surface area (Å²) < 4.78 is 4.69. The van der Waals surface area contributed by atoms with Crippen molar-refractivity contribution < 1.29 is 19.4 Å². The fraction of sp³-hybridized carbons (Fsp3) is 0.600. The fourth-order valence-electron chi connectivity index (χ4n) is 0.933. The van der Waals surface area contributed by atoms with Gasteiger partial charge in [-0.15, -0.1) is 0 Å². The van der Waals surface area contributed by atoms with Gasteiger partial charge in [0.1, 0.15) is 6.61 Å². The lowest BCUT2D eigenvalue weighted by atomic mass is 10.4. The minimum absolute atomic E-state index is 0.0947. The van der Waals surface area contributed by atoms with Crippen LogP contribution < -0.4 is 5.32 Å². The van der Waals surface area contributed by atoms with E-state index < -0.39 is 12.1 Å². The molecule has 92 valence electrons. The Morgan fingerprint density at radius 1 is 1.50 bits per heavy atom. The molecule has 0 atom stereocenters. The van der Waals surface area contributed by atoms with E-state index in [9.17, 15) is 9.59 Å². The van der Waals surface area contributed by atoms with Crippen molar-refractivity contribution in [1.82, 2.24) is 10.2 Å². The SMILES string of the molecule is C=CCOC(=O)NCCN(C)CCC(=O)O. The van der Waals surface area contributed by atoms with Crippen molar-refractivity contribution in [3.63, 3.8) is 0 Å². The van der Waals surface area contributed by atoms with Crippen LogP contribution in [0.4, 0.5) is 4.79 Å². The Kier molecular flexibility index (Phi) is 7.87. The van der Waals surface area contributed by atoms with E-state index in [4.69, 9.17) is 9.84 Å². The number of carbonyl (C=O) groups is 2. The van der Waals surface area contributed by atoms with Crippen molar-refractivity contribution >= 4 is 12.1 Å². The molecule has 0 bridgehead atoms. The Morgan fingerprint density at radius 3 is 2.75 bits per heavy atom. The van der Waals surface area contributed by atoms with E-state index in [1.807, 2.05) is 4.90 Å². The second-order valence-corrected chi connectivity index (χ2v) is 3.26. The maximum Gasteiger partial charge on any atom is 0.407 e. The number of aliphatic carboxylic acids is 1. The molecule has 0 aliphatic heterocycles. The first-order valence-electron chi connectivity index (χ1n) is 4.98. The summed E-state index contributed by atoms with van der Waals surface area (Å²) in [6, 6.07) is 0. The number of hydrogen-bond donors (Lipinski definition) is 2. The molecular formula is C10H18N2O4. The van der Waals surface area contributed by atoms with Crippen molar-refractivity contribution in [1.29, 1.82) is 0 Å². The quantitative estimate of drug-likeness (QED) is 0.586. The van der Waals surface area contributed by atoms with Gasteiger partial charge in [-0.1, -0.05) is 12.7 Å². The molecule has 0 aromatic heterocycles. The third kappa shape index (κ3) is 9.01. The van der Waals surface area contributed by atoms with Crippen molar-refractivity contribution in [2.24, 2.45) is 0 Å². The van der Waals surface area contributed by atoms with E-state index in [0.717, 1.165) is 0 Å². The zero-order valence-electron chi connectivity index (χ0n) is 9.44. The van der Waals surface area contributed by atoms with Crippen LogP contribution in [-0.4, -0.2) is 55.4 Å². The van der Waals surface area contributed by atoms with Crippen LogP contribution >= 0.6 is 0 Å². The second kappa shape index (κ2) is 8.72. The average molecular weight is 230 g/mol. The molecule has 16 heavy (non-hydrogen) atoms. The predicted molar refractivity (Wildman–Crippen MR) is 59.3 cm³/mol. The maximum absolute atomic E-state index is 11.0. The van der Waals surface area contributed by atoms with Crippen molar-refractivity contribution in [3.8, 4) is 0 Å². The summed E-state index contributed by atoms with van der Waals surface area (Å²) in [5, 5.41) is 11.0. The van der Waals surface area contributed by atoms with Gasteiger partial charge in [0.2, 0.25) is 0 Å². The van der Waals surface area contributed by atoms with Crippen LogP contribution in [0.15, 0.2) is 12.7 Å². The van der Waals surface area contributed by atoms with Crippen LogP contribution in [0.1, 0.15) is 6.42 Å². The third-order valence-corrected chi connectivity index (χ3v) is 1.80. The minimum atomic E-state index is -0.829. The molecule has 0 rings (SSSR count). The summed E-state index contributed by atoms with van der Waals surface area (Å²) in [6.45, 7) is 5.05. The molecule has 0 aromatic carbocycles. The van der Waals surface area contributed by atoms with Gasteiger partial charge in [-0.05, 0) is 7.05 Å². The smallest absolute Gasteiger partial charge is 0.407 e. The Balaban J connectivity index is 3.45. The predicted octanol–water partition coefficient (Wildman–Crippen LogP) is 0.305. The van der Waals surface area contributed by atoms with Crippen LogP contribution in [0, 0.1) is 0 Å². The lowest BCUT2D eigenvalue weighted by Gasteiger charge is -2.15. The van der Waals surface area contributed by atoms with Crippen molar-refractivity contribution in [2.75, 3.05) is 33.3 Å². The number of nitrogens with one attached hydrogen (secondary N) is 1. The molecule has 0 saturated carbocycles. The molecule has 0 unspecified atom stereocenters.